The van der Waals surface area contributed by atoms with E-state index in [1.54, 1.807) is 0 Å². The van der Waals surface area contributed by atoms with Gasteiger partial charge in [0.25, 0.3) is 0 Å². The average Bonchev–Trinajstić information content (AvgIpc) is 2.05. The van der Waals surface area contributed by atoms with Gasteiger partial charge in [0.1, 0.15) is 0 Å². The molecule has 1 aromatic rings. The van der Waals surface area contributed by atoms with E-state index in [0.717, 1.165) is 3.76 Å². The zero-order valence-electron chi connectivity index (χ0n) is 5.70. The summed E-state index contributed by atoms with van der Waals surface area (Å²) in [6, 6.07) is 10.2. The Labute approximate surface area is 72.8 Å². The van der Waals surface area contributed by atoms with Gasteiger partial charge in [-0.25, -0.2) is 0 Å². The molecule has 0 unspecified atom stereocenters. The molecular formula is C8H8SSe. The molecule has 0 amide bonds. The molecule has 0 heterocycles. The molecule has 1 rings (SSSR count). The molecule has 0 atom stereocenters. The van der Waals surface area contributed by atoms with Crippen molar-refractivity contribution < 1.29 is 0 Å². The van der Waals surface area contributed by atoms with Crippen LogP contribution in [0.15, 0.2) is 30.3 Å². The Morgan fingerprint density at radius 2 is 1.90 bits per heavy atom. The number of hydrogen-bond acceptors (Lipinski definition) is 1. The molecule has 0 N–H and O–H groups in total. The molecule has 1 aromatic carbocycles. The minimum absolute atomic E-state index is 0.469. The summed E-state index contributed by atoms with van der Waals surface area (Å²) < 4.78 is 1.10. The van der Waals surface area contributed by atoms with Crippen molar-refractivity contribution in [2.75, 3.05) is 0 Å². The van der Waals surface area contributed by atoms with E-state index in [-0.39, 0.29) is 0 Å². The molecule has 0 saturated heterocycles. The number of rotatable bonds is 2. The van der Waals surface area contributed by atoms with Crippen LogP contribution in [0.1, 0.15) is 5.56 Å². The van der Waals surface area contributed by atoms with Crippen molar-refractivity contribution in [2.24, 2.45) is 0 Å². The molecule has 10 heavy (non-hydrogen) atoms. The Kier molecular flexibility index (Phi) is 3.07. The molecule has 0 nitrogen and oxygen atoms in total. The van der Waals surface area contributed by atoms with E-state index in [2.05, 4.69) is 18.0 Å². The van der Waals surface area contributed by atoms with Gasteiger partial charge in [0, 0.05) is 0 Å². The van der Waals surface area contributed by atoms with Gasteiger partial charge in [-0.2, -0.15) is 0 Å². The molecular weight excluding hydrogens is 207 g/mol. The fraction of sp³-hybridized carbons (Fsp3) is 0.125. The fourth-order valence-corrected chi connectivity index (χ4v) is 1.61. The molecule has 0 fully saturated rings. The Bertz CT molecular complexity index is 218. The van der Waals surface area contributed by atoms with E-state index < -0.39 is 0 Å². The Morgan fingerprint density at radius 1 is 1.30 bits per heavy atom. The van der Waals surface area contributed by atoms with Crippen LogP contribution in [0.4, 0.5) is 0 Å². The SMILES string of the molecule is C[Se]C(=S)c1ccccc1. The standard InChI is InChI=1S/C8H8SSe/c1-10-8(9)7-5-3-2-4-6-7/h2-6H,1H3. The summed E-state index contributed by atoms with van der Waals surface area (Å²) >= 11 is 5.62. The van der Waals surface area contributed by atoms with Crippen molar-refractivity contribution in [3.8, 4) is 0 Å². The van der Waals surface area contributed by atoms with E-state index in [4.69, 9.17) is 12.2 Å². The van der Waals surface area contributed by atoms with E-state index in [9.17, 15) is 0 Å². The summed E-state index contributed by atoms with van der Waals surface area (Å²) in [5, 5.41) is 0. The molecule has 2 heteroatoms. The van der Waals surface area contributed by atoms with E-state index in [1.807, 2.05) is 18.2 Å². The van der Waals surface area contributed by atoms with Crippen LogP contribution in [0.2, 0.25) is 5.82 Å². The first kappa shape index (κ1) is 7.93. The second kappa shape index (κ2) is 3.87. The minimum atomic E-state index is 0.469. The number of thiocarbonyl (C=S) groups is 1. The van der Waals surface area contributed by atoms with Gasteiger partial charge < -0.3 is 0 Å². The molecule has 0 spiro atoms. The maximum atomic E-state index is 5.15. The van der Waals surface area contributed by atoms with Crippen LogP contribution in [0.5, 0.6) is 0 Å². The first-order chi connectivity index (χ1) is 4.84. The van der Waals surface area contributed by atoms with Crippen LogP contribution in [-0.4, -0.2) is 18.7 Å². The predicted molar refractivity (Wildman–Crippen MR) is 49.8 cm³/mol. The van der Waals surface area contributed by atoms with Crippen LogP contribution >= 0.6 is 12.2 Å². The number of hydrogen-bond donors (Lipinski definition) is 0. The van der Waals surface area contributed by atoms with Crippen LogP contribution < -0.4 is 0 Å². The van der Waals surface area contributed by atoms with Crippen LogP contribution in [0.3, 0.4) is 0 Å². The summed E-state index contributed by atoms with van der Waals surface area (Å²) in [6.45, 7) is 0. The topological polar surface area (TPSA) is 0 Å². The van der Waals surface area contributed by atoms with Gasteiger partial charge in [-0.3, -0.25) is 0 Å². The molecule has 0 bridgehead atoms. The van der Waals surface area contributed by atoms with Gasteiger partial charge in [0.15, 0.2) is 0 Å². The second-order valence-corrected chi connectivity index (χ2v) is 4.56. The second-order valence-electron chi connectivity index (χ2n) is 1.86. The van der Waals surface area contributed by atoms with Gasteiger partial charge in [0.2, 0.25) is 0 Å². The Hall–Kier alpha value is -0.171. The maximum absolute atomic E-state index is 5.15. The first-order valence-electron chi connectivity index (χ1n) is 2.98. The Morgan fingerprint density at radius 3 is 2.40 bits per heavy atom. The molecule has 0 aliphatic carbocycles. The summed E-state index contributed by atoms with van der Waals surface area (Å²) in [5.41, 5.74) is 1.21. The normalized spacial score (nSPS) is 9.30. The van der Waals surface area contributed by atoms with Crippen molar-refractivity contribution in [3.63, 3.8) is 0 Å². The van der Waals surface area contributed by atoms with Gasteiger partial charge in [-0.1, -0.05) is 0 Å². The van der Waals surface area contributed by atoms with Crippen LogP contribution in [0.25, 0.3) is 0 Å². The first-order valence-corrected chi connectivity index (χ1v) is 5.96. The van der Waals surface area contributed by atoms with Crippen molar-refractivity contribution >= 4 is 30.9 Å². The fourth-order valence-electron chi connectivity index (χ4n) is 0.692. The van der Waals surface area contributed by atoms with E-state index in [0.29, 0.717) is 15.0 Å². The molecule has 52 valence electrons. The van der Waals surface area contributed by atoms with Gasteiger partial charge in [-0.05, 0) is 0 Å². The van der Waals surface area contributed by atoms with Crippen molar-refractivity contribution in [1.29, 1.82) is 0 Å². The molecule has 0 saturated carbocycles. The Balaban J connectivity index is 2.85. The quantitative estimate of drug-likeness (QED) is 0.538. The number of benzene rings is 1. The van der Waals surface area contributed by atoms with Crippen LogP contribution in [-0.2, 0) is 0 Å². The monoisotopic (exact) mass is 216 g/mol. The zero-order chi connectivity index (χ0) is 7.40. The zero-order valence-corrected chi connectivity index (χ0v) is 8.23. The summed E-state index contributed by atoms with van der Waals surface area (Å²) in [6.07, 6.45) is 0. The molecule has 0 aromatic heterocycles. The van der Waals surface area contributed by atoms with E-state index in [1.165, 1.54) is 5.56 Å². The van der Waals surface area contributed by atoms with Crippen molar-refractivity contribution in [2.45, 2.75) is 5.82 Å². The average molecular weight is 215 g/mol. The van der Waals surface area contributed by atoms with Crippen molar-refractivity contribution in [3.05, 3.63) is 35.9 Å². The summed E-state index contributed by atoms with van der Waals surface area (Å²) in [7, 11) is 0. The third kappa shape index (κ3) is 1.91. The van der Waals surface area contributed by atoms with Gasteiger partial charge in [0.05, 0.1) is 0 Å². The van der Waals surface area contributed by atoms with Crippen molar-refractivity contribution in [1.82, 2.24) is 0 Å². The van der Waals surface area contributed by atoms with Gasteiger partial charge >= 0.3 is 72.7 Å². The molecule has 0 radical (unpaired) electrons. The summed E-state index contributed by atoms with van der Waals surface area (Å²) in [4.78, 5) is 0. The van der Waals surface area contributed by atoms with Crippen LogP contribution in [0, 0.1) is 0 Å². The van der Waals surface area contributed by atoms with Gasteiger partial charge in [-0.15, -0.1) is 0 Å². The third-order valence-corrected chi connectivity index (χ3v) is 3.57. The summed E-state index contributed by atoms with van der Waals surface area (Å²) in [5.74, 6) is 2.14. The third-order valence-electron chi connectivity index (χ3n) is 1.19. The van der Waals surface area contributed by atoms with E-state index >= 15 is 0 Å². The molecule has 0 aliphatic heterocycles. The molecule has 0 aliphatic rings. The predicted octanol–water partition coefficient (Wildman–Crippen LogP) is 2.11.